The third kappa shape index (κ3) is 2.06. The summed E-state index contributed by atoms with van der Waals surface area (Å²) in [5.74, 6) is 0.850. The van der Waals surface area contributed by atoms with Crippen LogP contribution in [0.15, 0.2) is 36.5 Å². The van der Waals surface area contributed by atoms with E-state index in [0.29, 0.717) is 29.5 Å². The molecule has 0 unspecified atom stereocenters. The van der Waals surface area contributed by atoms with Gasteiger partial charge in [0.15, 0.2) is 5.65 Å². The molecule has 0 radical (unpaired) electrons. The van der Waals surface area contributed by atoms with E-state index >= 15 is 0 Å². The number of nitriles is 1. The van der Waals surface area contributed by atoms with E-state index in [1.165, 1.54) is 0 Å². The molecule has 0 aliphatic rings. The number of aromatic nitrogens is 4. The van der Waals surface area contributed by atoms with Crippen LogP contribution in [-0.4, -0.2) is 26.6 Å². The molecule has 0 atom stereocenters. The Balaban J connectivity index is 2.14. The highest BCUT2D eigenvalue weighted by Gasteiger charge is 2.13. The number of nitrogens with zero attached hydrogens (tertiary/aromatic N) is 5. The summed E-state index contributed by atoms with van der Waals surface area (Å²) in [6, 6.07) is 12.0. The second-order valence-electron chi connectivity index (χ2n) is 4.27. The van der Waals surface area contributed by atoms with Gasteiger partial charge in [-0.1, -0.05) is 30.3 Å². The summed E-state index contributed by atoms with van der Waals surface area (Å²) in [6.45, 7) is 0.556. The zero-order chi connectivity index (χ0) is 13.9. The van der Waals surface area contributed by atoms with Gasteiger partial charge in [-0.15, -0.1) is 0 Å². The van der Waals surface area contributed by atoms with Gasteiger partial charge >= 0.3 is 0 Å². The smallest absolute Gasteiger partial charge is 0.224 e. The van der Waals surface area contributed by atoms with Gasteiger partial charge in [0.25, 0.3) is 0 Å². The number of hydrogen-bond donors (Lipinski definition) is 1. The Kier molecular flexibility index (Phi) is 3.01. The van der Waals surface area contributed by atoms with Crippen molar-refractivity contribution in [3.8, 4) is 6.07 Å². The Labute approximate surface area is 115 Å². The summed E-state index contributed by atoms with van der Waals surface area (Å²) in [5.41, 5.74) is 2.37. The Morgan fingerprint density at radius 1 is 1.25 bits per heavy atom. The molecule has 0 bridgehead atoms. The van der Waals surface area contributed by atoms with Crippen molar-refractivity contribution < 1.29 is 0 Å². The largest absolute Gasteiger partial charge is 0.357 e. The van der Waals surface area contributed by atoms with E-state index in [2.05, 4.69) is 26.3 Å². The molecule has 2 aromatic heterocycles. The Morgan fingerprint density at radius 3 is 2.75 bits per heavy atom. The maximum Gasteiger partial charge on any atom is 0.224 e. The van der Waals surface area contributed by atoms with Gasteiger partial charge in [-0.25, -0.2) is 9.97 Å². The Bertz CT molecular complexity index is 785. The Morgan fingerprint density at radius 2 is 2.05 bits per heavy atom. The van der Waals surface area contributed by atoms with Gasteiger partial charge in [-0.05, 0) is 5.56 Å². The summed E-state index contributed by atoms with van der Waals surface area (Å²) in [6.07, 6.45) is 1.62. The minimum absolute atomic E-state index is 0.339. The fraction of sp³-hybridized carbons (Fsp3) is 0.143. The predicted octanol–water partition coefficient (Wildman–Crippen LogP) is 1.79. The van der Waals surface area contributed by atoms with Crippen molar-refractivity contribution in [2.24, 2.45) is 0 Å². The summed E-state index contributed by atoms with van der Waals surface area (Å²) in [4.78, 5) is 12.8. The number of fused-ring (bicyclic) bond motifs is 1. The van der Waals surface area contributed by atoms with Crippen molar-refractivity contribution in [2.75, 3.05) is 12.4 Å². The van der Waals surface area contributed by atoms with Crippen LogP contribution in [-0.2, 0) is 6.54 Å². The molecule has 6 heteroatoms. The lowest BCUT2D eigenvalue weighted by Crippen LogP contribution is -2.05. The number of anilines is 1. The molecule has 98 valence electrons. The lowest BCUT2D eigenvalue weighted by molar-refractivity contribution is 0.798. The molecule has 1 N–H and O–H groups in total. The van der Waals surface area contributed by atoms with Crippen molar-refractivity contribution in [1.29, 1.82) is 5.26 Å². The first-order valence-corrected chi connectivity index (χ1v) is 6.17. The van der Waals surface area contributed by atoms with Crippen LogP contribution < -0.4 is 5.32 Å². The van der Waals surface area contributed by atoms with Crippen LogP contribution in [0.1, 0.15) is 11.4 Å². The molecular formula is C14H12N6. The quantitative estimate of drug-likeness (QED) is 0.780. The first kappa shape index (κ1) is 12.1. The zero-order valence-corrected chi connectivity index (χ0v) is 10.9. The number of hydrogen-bond acceptors (Lipinski definition) is 5. The van der Waals surface area contributed by atoms with Crippen LogP contribution in [0.5, 0.6) is 0 Å². The molecule has 0 saturated heterocycles. The van der Waals surface area contributed by atoms with Crippen LogP contribution in [0.3, 0.4) is 0 Å². The first-order valence-electron chi connectivity index (χ1n) is 6.17. The second kappa shape index (κ2) is 4.97. The maximum atomic E-state index is 9.23. The molecule has 0 amide bonds. The van der Waals surface area contributed by atoms with E-state index < -0.39 is 0 Å². The molecule has 6 nitrogen and oxygen atoms in total. The van der Waals surface area contributed by atoms with E-state index in [0.717, 1.165) is 5.56 Å². The summed E-state index contributed by atoms with van der Waals surface area (Å²) < 4.78 is 1.80. The molecule has 0 spiro atoms. The van der Waals surface area contributed by atoms with E-state index in [1.807, 2.05) is 30.3 Å². The van der Waals surface area contributed by atoms with Gasteiger partial charge < -0.3 is 5.32 Å². The summed E-state index contributed by atoms with van der Waals surface area (Å²) in [5, 5.41) is 12.1. The zero-order valence-electron chi connectivity index (χ0n) is 10.9. The number of imidazole rings is 1. The van der Waals surface area contributed by atoms with Gasteiger partial charge in [0.2, 0.25) is 11.8 Å². The van der Waals surface area contributed by atoms with Crippen LogP contribution in [0.25, 0.3) is 11.2 Å². The van der Waals surface area contributed by atoms with Crippen LogP contribution in [0, 0.1) is 11.3 Å². The third-order valence-corrected chi connectivity index (χ3v) is 2.99. The lowest BCUT2D eigenvalue weighted by Gasteiger charge is -2.05. The highest BCUT2D eigenvalue weighted by Crippen LogP contribution is 2.16. The van der Waals surface area contributed by atoms with Crippen LogP contribution in [0.2, 0.25) is 0 Å². The number of benzene rings is 1. The first-order chi connectivity index (χ1) is 9.81. The van der Waals surface area contributed by atoms with E-state index in [4.69, 9.17) is 0 Å². The number of nitrogens with one attached hydrogen (secondary N) is 1. The molecule has 3 aromatic rings. The molecule has 20 heavy (non-hydrogen) atoms. The average molecular weight is 264 g/mol. The summed E-state index contributed by atoms with van der Waals surface area (Å²) in [7, 11) is 1.75. The molecule has 0 aliphatic heterocycles. The normalized spacial score (nSPS) is 10.4. The van der Waals surface area contributed by atoms with Gasteiger partial charge in [0.1, 0.15) is 11.6 Å². The highest BCUT2D eigenvalue weighted by atomic mass is 15.2. The molecule has 1 aromatic carbocycles. The van der Waals surface area contributed by atoms with Gasteiger partial charge in [-0.2, -0.15) is 10.2 Å². The minimum Gasteiger partial charge on any atom is -0.357 e. The van der Waals surface area contributed by atoms with Crippen molar-refractivity contribution in [3.63, 3.8) is 0 Å². The fourth-order valence-corrected chi connectivity index (χ4v) is 2.04. The highest BCUT2D eigenvalue weighted by molar-refractivity contribution is 5.72. The van der Waals surface area contributed by atoms with Crippen molar-refractivity contribution in [2.45, 2.75) is 6.54 Å². The van der Waals surface area contributed by atoms with E-state index in [1.54, 1.807) is 17.8 Å². The molecule has 3 rings (SSSR count). The molecule has 0 saturated carbocycles. The van der Waals surface area contributed by atoms with Gasteiger partial charge in [0.05, 0.1) is 12.7 Å². The van der Waals surface area contributed by atoms with Crippen molar-refractivity contribution >= 4 is 17.1 Å². The third-order valence-electron chi connectivity index (χ3n) is 2.99. The Hall–Kier alpha value is -2.94. The standard InChI is InChI=1S/C14H12N6/c1-16-14-17-8-11-13(19-14)20(12(7-15)18-11)9-10-5-3-2-4-6-10/h2-6,8H,9H2,1H3,(H,16,17,19). The van der Waals surface area contributed by atoms with Crippen LogP contribution in [0.4, 0.5) is 5.95 Å². The maximum absolute atomic E-state index is 9.23. The molecule has 0 fully saturated rings. The van der Waals surface area contributed by atoms with Gasteiger partial charge in [-0.3, -0.25) is 4.57 Å². The lowest BCUT2D eigenvalue weighted by atomic mass is 10.2. The fourth-order valence-electron chi connectivity index (χ4n) is 2.04. The van der Waals surface area contributed by atoms with E-state index in [9.17, 15) is 5.26 Å². The molecular weight excluding hydrogens is 252 g/mol. The van der Waals surface area contributed by atoms with Crippen molar-refractivity contribution in [3.05, 3.63) is 47.9 Å². The van der Waals surface area contributed by atoms with E-state index in [-0.39, 0.29) is 0 Å². The molecule has 2 heterocycles. The van der Waals surface area contributed by atoms with Gasteiger partial charge in [0, 0.05) is 7.05 Å². The number of rotatable bonds is 3. The minimum atomic E-state index is 0.339. The van der Waals surface area contributed by atoms with Crippen LogP contribution >= 0.6 is 0 Å². The SMILES string of the molecule is CNc1ncc2nc(C#N)n(Cc3ccccc3)c2n1. The monoisotopic (exact) mass is 264 g/mol. The van der Waals surface area contributed by atoms with Crippen molar-refractivity contribution in [1.82, 2.24) is 19.5 Å². The molecule has 0 aliphatic carbocycles. The topological polar surface area (TPSA) is 79.4 Å². The summed E-state index contributed by atoms with van der Waals surface area (Å²) >= 11 is 0. The predicted molar refractivity (Wildman–Crippen MR) is 75.1 cm³/mol. The second-order valence-corrected chi connectivity index (χ2v) is 4.27. The average Bonchev–Trinajstić information content (AvgIpc) is 2.85.